The molecule has 0 atom stereocenters. The Morgan fingerprint density at radius 2 is 0.961 bits per heavy atom. The van der Waals surface area contributed by atoms with E-state index in [4.69, 9.17) is 21.1 Å². The number of halogens is 1. The van der Waals surface area contributed by atoms with Gasteiger partial charge in [0.05, 0.1) is 18.6 Å². The molecule has 0 radical (unpaired) electrons. The lowest BCUT2D eigenvalue weighted by molar-refractivity contribution is 0.0142. The van der Waals surface area contributed by atoms with E-state index in [1.807, 2.05) is 57.5 Å². The van der Waals surface area contributed by atoms with Crippen molar-refractivity contribution >= 4 is 35.4 Å². The second kappa shape index (κ2) is 17.4. The highest BCUT2D eigenvalue weighted by atomic mass is 35.5. The molecule has 6 rings (SSSR count). The normalized spacial score (nSPS) is 20.5. The molecule has 0 unspecified atom stereocenters. The van der Waals surface area contributed by atoms with Crippen molar-refractivity contribution in [2.45, 2.75) is 104 Å². The van der Waals surface area contributed by atoms with E-state index in [1.165, 1.54) is 25.7 Å². The van der Waals surface area contributed by atoms with Crippen LogP contribution < -0.4 is 9.80 Å². The van der Waals surface area contributed by atoms with Gasteiger partial charge in [-0.1, -0.05) is 11.6 Å². The number of nitrogens with zero attached hydrogens (tertiary/aromatic N) is 8. The van der Waals surface area contributed by atoms with Gasteiger partial charge >= 0.3 is 12.2 Å². The highest BCUT2D eigenvalue weighted by molar-refractivity contribution is 6.29. The molecule has 4 aliphatic heterocycles. The van der Waals surface area contributed by atoms with Crippen molar-refractivity contribution in [3.63, 3.8) is 0 Å². The van der Waals surface area contributed by atoms with Gasteiger partial charge in [-0.05, 0) is 117 Å². The summed E-state index contributed by atoms with van der Waals surface area (Å²) in [7, 11) is 0. The quantitative estimate of drug-likeness (QED) is 0.317. The van der Waals surface area contributed by atoms with Gasteiger partial charge in [0.25, 0.3) is 0 Å². The van der Waals surface area contributed by atoms with Gasteiger partial charge in [-0.25, -0.2) is 24.5 Å². The Hall–Kier alpha value is -3.41. The molecule has 0 spiro atoms. The van der Waals surface area contributed by atoms with Gasteiger partial charge in [-0.3, -0.25) is 4.98 Å². The van der Waals surface area contributed by atoms with Crippen molar-refractivity contribution < 1.29 is 19.1 Å². The summed E-state index contributed by atoms with van der Waals surface area (Å²) >= 11 is 5.82. The van der Waals surface area contributed by atoms with Crippen molar-refractivity contribution in [2.75, 3.05) is 62.2 Å². The third-order valence-electron chi connectivity index (χ3n) is 10.6. The Bertz CT molecular complexity index is 1370. The molecule has 0 aliphatic carbocycles. The molecule has 0 bridgehead atoms. The maximum atomic E-state index is 12.2. The molecule has 2 aromatic rings. The second-order valence-corrected chi connectivity index (χ2v) is 16.9. The molecule has 12 nitrogen and oxygen atoms in total. The minimum Gasteiger partial charge on any atom is -0.444 e. The number of carbonyl (C=O) groups is 2. The molecule has 0 aromatic carbocycles. The van der Waals surface area contributed by atoms with Gasteiger partial charge in [-0.15, -0.1) is 0 Å². The molecule has 2 amide bonds. The first kappa shape index (κ1) is 38.8. The Morgan fingerprint density at radius 3 is 1.29 bits per heavy atom. The fourth-order valence-electron chi connectivity index (χ4n) is 7.88. The zero-order valence-electron chi connectivity index (χ0n) is 31.6. The number of hydrogen-bond acceptors (Lipinski definition) is 10. The standard InChI is InChI=1S/C19H29ClN4O2.C19H30N4O2/c1-19(2,3)26-18(25)24-10-6-15(7-11-24)14-4-8-23(9-5-14)17-13-21-16(20)12-22-17;1-19(2,3)25-18(24)23-12-6-16(7-13-23)15-4-10-22(11-5-15)17-14-20-8-9-21-17/h12-15H,4-11H2,1-3H3;8-9,14-16H,4-7,10-13H2,1-3H3. The Morgan fingerprint density at radius 1 is 0.569 bits per heavy atom. The first-order valence-corrected chi connectivity index (χ1v) is 19.3. The number of anilines is 2. The number of piperidine rings is 4. The molecule has 0 N–H and O–H groups in total. The van der Waals surface area contributed by atoms with E-state index in [9.17, 15) is 9.59 Å². The summed E-state index contributed by atoms with van der Waals surface area (Å²) in [5.74, 6) is 4.81. The van der Waals surface area contributed by atoms with Gasteiger partial charge in [0.2, 0.25) is 0 Å². The minimum absolute atomic E-state index is 0.163. The van der Waals surface area contributed by atoms with Crippen LogP contribution in [-0.2, 0) is 9.47 Å². The monoisotopic (exact) mass is 726 g/mol. The summed E-state index contributed by atoms with van der Waals surface area (Å²) in [5.41, 5.74) is -0.841. The molecule has 282 valence electrons. The van der Waals surface area contributed by atoms with Crippen molar-refractivity contribution in [1.82, 2.24) is 29.7 Å². The number of amides is 2. The first-order chi connectivity index (χ1) is 24.2. The number of ether oxygens (including phenoxy) is 2. The summed E-state index contributed by atoms with van der Waals surface area (Å²) < 4.78 is 11.0. The SMILES string of the molecule is CC(C)(C)OC(=O)N1CCC(C2CCN(c3cnc(Cl)cn3)CC2)CC1.CC(C)(C)OC(=O)N1CCC(C2CCN(c3cnccn3)CC2)CC1. The number of rotatable bonds is 4. The summed E-state index contributed by atoms with van der Waals surface area (Å²) in [6, 6.07) is 0. The van der Waals surface area contributed by atoms with E-state index in [0.717, 1.165) is 107 Å². The van der Waals surface area contributed by atoms with E-state index in [2.05, 4.69) is 29.7 Å². The highest BCUT2D eigenvalue weighted by Gasteiger charge is 2.34. The van der Waals surface area contributed by atoms with Gasteiger partial charge < -0.3 is 29.1 Å². The number of likely N-dealkylation sites (tertiary alicyclic amines) is 2. The molecule has 0 saturated carbocycles. The molecule has 4 aliphatic rings. The van der Waals surface area contributed by atoms with Gasteiger partial charge in [0.15, 0.2) is 0 Å². The molecule has 4 saturated heterocycles. The maximum absolute atomic E-state index is 12.2. The summed E-state index contributed by atoms with van der Waals surface area (Å²) in [5, 5.41) is 0.431. The molecule has 6 heterocycles. The van der Waals surface area contributed by atoms with Crippen LogP contribution >= 0.6 is 11.6 Å². The van der Waals surface area contributed by atoms with E-state index in [-0.39, 0.29) is 12.2 Å². The van der Waals surface area contributed by atoms with Crippen LogP contribution in [0.1, 0.15) is 92.9 Å². The fourth-order valence-corrected chi connectivity index (χ4v) is 7.98. The van der Waals surface area contributed by atoms with Gasteiger partial charge in [-0.2, -0.15) is 0 Å². The maximum Gasteiger partial charge on any atom is 0.410 e. The van der Waals surface area contributed by atoms with Gasteiger partial charge in [0.1, 0.15) is 28.0 Å². The Balaban J connectivity index is 0.000000198. The van der Waals surface area contributed by atoms with Crippen LogP contribution in [0.3, 0.4) is 0 Å². The first-order valence-electron chi connectivity index (χ1n) is 18.9. The van der Waals surface area contributed by atoms with Crippen LogP contribution in [0.15, 0.2) is 31.0 Å². The van der Waals surface area contributed by atoms with Crippen LogP contribution in [0.25, 0.3) is 0 Å². The number of aromatic nitrogens is 4. The largest absolute Gasteiger partial charge is 0.444 e. The van der Waals surface area contributed by atoms with E-state index in [1.54, 1.807) is 24.8 Å². The van der Waals surface area contributed by atoms with Crippen LogP contribution in [0.2, 0.25) is 5.15 Å². The van der Waals surface area contributed by atoms with Crippen molar-refractivity contribution in [2.24, 2.45) is 23.7 Å². The fraction of sp³-hybridized carbons (Fsp3) is 0.737. The molecule has 2 aromatic heterocycles. The predicted octanol–water partition coefficient (Wildman–Crippen LogP) is 7.33. The lowest BCUT2D eigenvalue weighted by atomic mass is 9.79. The van der Waals surface area contributed by atoms with Crippen LogP contribution in [0.5, 0.6) is 0 Å². The van der Waals surface area contributed by atoms with Crippen LogP contribution in [-0.4, -0.2) is 105 Å². The molecule has 4 fully saturated rings. The molecule has 51 heavy (non-hydrogen) atoms. The van der Waals surface area contributed by atoms with Crippen molar-refractivity contribution in [3.8, 4) is 0 Å². The van der Waals surface area contributed by atoms with Crippen LogP contribution in [0.4, 0.5) is 21.2 Å². The van der Waals surface area contributed by atoms with Gasteiger partial charge in [0, 0.05) is 64.8 Å². The minimum atomic E-state index is -0.425. The smallest absolute Gasteiger partial charge is 0.410 e. The zero-order valence-corrected chi connectivity index (χ0v) is 32.4. The van der Waals surface area contributed by atoms with Crippen LogP contribution in [0, 0.1) is 23.7 Å². The molecule has 13 heteroatoms. The van der Waals surface area contributed by atoms with E-state index in [0.29, 0.717) is 11.1 Å². The summed E-state index contributed by atoms with van der Waals surface area (Å²) in [4.78, 5) is 49.8. The predicted molar refractivity (Wildman–Crippen MR) is 200 cm³/mol. The number of carbonyl (C=O) groups excluding carboxylic acids is 2. The zero-order chi connectivity index (χ0) is 36.6. The Labute approximate surface area is 309 Å². The number of hydrogen-bond donors (Lipinski definition) is 0. The summed E-state index contributed by atoms with van der Waals surface area (Å²) in [6.07, 6.45) is 17.4. The molecular weight excluding hydrogens is 668 g/mol. The Kier molecular flexibility index (Phi) is 13.2. The summed E-state index contributed by atoms with van der Waals surface area (Å²) in [6.45, 7) is 18.9. The highest BCUT2D eigenvalue weighted by Crippen LogP contribution is 2.35. The van der Waals surface area contributed by atoms with Crippen molar-refractivity contribution in [1.29, 1.82) is 0 Å². The van der Waals surface area contributed by atoms with E-state index >= 15 is 0 Å². The lowest BCUT2D eigenvalue weighted by Gasteiger charge is -2.40. The average molecular weight is 727 g/mol. The third-order valence-corrected chi connectivity index (χ3v) is 10.8. The molecular formula is C38H59ClN8O4. The van der Waals surface area contributed by atoms with Crippen molar-refractivity contribution in [3.05, 3.63) is 36.1 Å². The second-order valence-electron chi connectivity index (χ2n) is 16.5. The third kappa shape index (κ3) is 11.8. The lowest BCUT2D eigenvalue weighted by Crippen LogP contribution is -2.44. The topological polar surface area (TPSA) is 117 Å². The van der Waals surface area contributed by atoms with E-state index < -0.39 is 11.2 Å². The average Bonchev–Trinajstić information content (AvgIpc) is 3.11.